The highest BCUT2D eigenvalue weighted by Gasteiger charge is 2.47. The number of anilines is 1. The van der Waals surface area contributed by atoms with Crippen molar-refractivity contribution in [3.63, 3.8) is 0 Å². The number of halogens is 1. The van der Waals surface area contributed by atoms with Crippen molar-refractivity contribution in [3.05, 3.63) is 114 Å². The number of benzene rings is 3. The highest BCUT2D eigenvalue weighted by Crippen LogP contribution is 2.54. The van der Waals surface area contributed by atoms with Gasteiger partial charge in [-0.1, -0.05) is 105 Å². The molecule has 6 rings (SSSR count). The first-order valence-electron chi connectivity index (χ1n) is 17.7. The summed E-state index contributed by atoms with van der Waals surface area (Å²) in [5, 5.41) is 12.2. The summed E-state index contributed by atoms with van der Waals surface area (Å²) in [6, 6.07) is 33.0. The Morgan fingerprint density at radius 1 is 1.00 bits per heavy atom. The van der Waals surface area contributed by atoms with Crippen LogP contribution in [0.4, 0.5) is 5.95 Å². The van der Waals surface area contributed by atoms with E-state index in [1.807, 2.05) is 54.6 Å². The summed E-state index contributed by atoms with van der Waals surface area (Å²) in [7, 11) is 3.19. The number of ether oxygens (including phenoxy) is 2. The van der Waals surface area contributed by atoms with Crippen molar-refractivity contribution in [2.24, 2.45) is 11.8 Å². The molecular weight excluding hydrogens is 727 g/mol. The zero-order chi connectivity index (χ0) is 38.5. The summed E-state index contributed by atoms with van der Waals surface area (Å²) in [6.07, 6.45) is 0.218. The molecule has 3 aromatic carbocycles. The van der Waals surface area contributed by atoms with Crippen LogP contribution in [0.1, 0.15) is 43.7 Å². The molecule has 1 aliphatic rings. The monoisotopic (exact) mass is 770 g/mol. The number of nitrogens with zero attached hydrogens (tertiary/aromatic N) is 7. The highest BCUT2D eigenvalue weighted by molar-refractivity contribution is 7.83. The lowest BCUT2D eigenvalue weighted by atomic mass is 9.75. The predicted molar refractivity (Wildman–Crippen MR) is 207 cm³/mol. The largest absolute Gasteiger partial charge is 0.475 e. The van der Waals surface area contributed by atoms with E-state index in [1.165, 1.54) is 4.67 Å². The summed E-state index contributed by atoms with van der Waals surface area (Å²) in [4.78, 5) is 29.0. The summed E-state index contributed by atoms with van der Waals surface area (Å²) in [6.45, 7) is 2.28. The van der Waals surface area contributed by atoms with E-state index in [2.05, 4.69) is 62.7 Å². The van der Waals surface area contributed by atoms with E-state index in [-0.39, 0.29) is 36.9 Å². The van der Waals surface area contributed by atoms with E-state index < -0.39 is 30.7 Å². The van der Waals surface area contributed by atoms with Gasteiger partial charge in [0.15, 0.2) is 11.2 Å². The molecule has 0 spiro atoms. The van der Waals surface area contributed by atoms with Gasteiger partial charge in [-0.15, -0.1) is 0 Å². The molecule has 1 aliphatic heterocycles. The highest BCUT2D eigenvalue weighted by atomic mass is 35.7. The maximum absolute atomic E-state index is 13.2. The van der Waals surface area contributed by atoms with Crippen LogP contribution in [-0.4, -0.2) is 81.5 Å². The summed E-state index contributed by atoms with van der Waals surface area (Å²) in [5.74, 6) is -0.900. The maximum atomic E-state index is 13.2. The molecule has 2 aromatic heterocycles. The average molecular weight is 771 g/mol. The van der Waals surface area contributed by atoms with Crippen LogP contribution >= 0.6 is 18.1 Å². The smallest absolute Gasteiger partial charge is 0.362 e. The van der Waals surface area contributed by atoms with Crippen molar-refractivity contribution < 1.29 is 23.4 Å². The topological polar surface area (TPSA) is 148 Å². The Labute approximate surface area is 320 Å². The maximum Gasteiger partial charge on any atom is 0.362 e. The Morgan fingerprint density at radius 2 is 1.57 bits per heavy atom. The fraction of sp³-hybridized carbons (Fsp3) is 0.359. The van der Waals surface area contributed by atoms with E-state index in [9.17, 15) is 14.6 Å². The van der Waals surface area contributed by atoms with Gasteiger partial charge in [0.25, 0.3) is 0 Å². The summed E-state index contributed by atoms with van der Waals surface area (Å²) >= 11 is 6.37. The lowest BCUT2D eigenvalue weighted by Crippen LogP contribution is -2.57. The molecule has 1 amide bonds. The fourth-order valence-corrected chi connectivity index (χ4v) is 7.22. The van der Waals surface area contributed by atoms with Gasteiger partial charge in [-0.05, 0) is 49.0 Å². The molecule has 0 aliphatic carbocycles. The van der Waals surface area contributed by atoms with Gasteiger partial charge >= 0.3 is 6.87 Å². The second kappa shape index (κ2) is 16.8. The van der Waals surface area contributed by atoms with Crippen LogP contribution in [0, 0.1) is 23.2 Å². The van der Waals surface area contributed by atoms with Crippen molar-refractivity contribution in [2.45, 2.75) is 38.6 Å². The van der Waals surface area contributed by atoms with E-state index in [0.717, 1.165) is 16.7 Å². The normalized spacial score (nSPS) is 18.3. The molecule has 282 valence electrons. The molecule has 1 fully saturated rings. The molecule has 4 atom stereocenters. The molecular formula is C39H44ClN8O5P. The number of rotatable bonds is 14. The Bertz CT molecular complexity index is 2030. The van der Waals surface area contributed by atoms with E-state index in [4.69, 9.17) is 30.2 Å². The first kappa shape index (κ1) is 39.0. The Morgan fingerprint density at radius 3 is 2.09 bits per heavy atom. The first-order chi connectivity index (χ1) is 25.9. The van der Waals surface area contributed by atoms with Crippen molar-refractivity contribution >= 4 is 41.1 Å². The molecule has 0 saturated carbocycles. The molecule has 13 nitrogen and oxygen atoms in total. The number of carbonyl (C=O) groups excluding carboxylic acids is 1. The third-order valence-electron chi connectivity index (χ3n) is 9.25. The molecule has 1 unspecified atom stereocenters. The van der Waals surface area contributed by atoms with Crippen LogP contribution in [0.15, 0.2) is 97.3 Å². The lowest BCUT2D eigenvalue weighted by molar-refractivity contribution is -0.145. The van der Waals surface area contributed by atoms with Gasteiger partial charge in [0.2, 0.25) is 17.7 Å². The van der Waals surface area contributed by atoms with Crippen LogP contribution in [0.2, 0.25) is 0 Å². The number of amides is 1. The molecule has 3 heterocycles. The number of morpholine rings is 1. The van der Waals surface area contributed by atoms with Gasteiger partial charge in [-0.2, -0.15) is 15.2 Å². The third kappa shape index (κ3) is 8.20. The van der Waals surface area contributed by atoms with Crippen molar-refractivity contribution in [1.82, 2.24) is 29.1 Å². The zero-order valence-electron chi connectivity index (χ0n) is 30.9. The lowest BCUT2D eigenvalue weighted by Gasteiger charge is -2.50. The second-order valence-electron chi connectivity index (χ2n) is 13.7. The van der Waals surface area contributed by atoms with Gasteiger partial charge < -0.3 is 14.0 Å². The van der Waals surface area contributed by atoms with Gasteiger partial charge in [0, 0.05) is 19.0 Å². The Hall–Kier alpha value is -4.67. The average Bonchev–Trinajstić information content (AvgIpc) is 3.62. The Kier molecular flexibility index (Phi) is 12.1. The molecule has 1 N–H and O–H groups in total. The standard InChI is InChI=1S/C39H44ClN8O5P/c1-27(2)36(49)44-38-43-35-34(37(45-38)51-24-28(3)21-41)42-26-48(35)33-23-47(22-32(53-33)25-52-54(40,50)46(4)5)39(29-15-9-6-10-16-29,30-17-11-7-12-18-30)31-19-13-8-14-20-31/h6-20,26-28,32-33H,22-25H2,1-5H3,(H,43,44,45,49)/t28?,32-,33+,54+/m0/s1. The van der Waals surface area contributed by atoms with Crippen LogP contribution < -0.4 is 10.1 Å². The SMILES string of the molecule is CC(C#N)COc1nc(NC(=O)C(C)C)nc2c1ncn2[C@H]1CN(C(c2ccccc2)(c2ccccc2)c2ccccc2)C[C@@H](CO[P@](=O)(Cl)N(C)C)O1. The second-order valence-corrected chi connectivity index (χ2v) is 16.9. The number of hydrogen-bond acceptors (Lipinski definition) is 10. The van der Waals surface area contributed by atoms with Gasteiger partial charge in [-0.25, -0.2) is 9.65 Å². The minimum atomic E-state index is -3.65. The summed E-state index contributed by atoms with van der Waals surface area (Å²) < 4.78 is 35.0. The molecule has 54 heavy (non-hydrogen) atoms. The zero-order valence-corrected chi connectivity index (χ0v) is 32.5. The van der Waals surface area contributed by atoms with E-state index in [0.29, 0.717) is 24.3 Å². The van der Waals surface area contributed by atoms with Crippen LogP contribution in [0.3, 0.4) is 0 Å². The minimum Gasteiger partial charge on any atom is -0.475 e. The van der Waals surface area contributed by atoms with Crippen molar-refractivity contribution in [3.8, 4) is 11.9 Å². The predicted octanol–water partition coefficient (Wildman–Crippen LogP) is 7.08. The van der Waals surface area contributed by atoms with Gasteiger partial charge in [0.1, 0.15) is 12.8 Å². The number of nitriles is 1. The fourth-order valence-electron chi connectivity index (χ4n) is 6.47. The molecule has 1 saturated heterocycles. The number of hydrogen-bond donors (Lipinski definition) is 1. The molecule has 5 aromatic rings. The number of aromatic nitrogens is 4. The third-order valence-corrected chi connectivity index (χ3v) is 11.9. The number of fused-ring (bicyclic) bond motifs is 1. The number of imidazole rings is 1. The van der Waals surface area contributed by atoms with Crippen molar-refractivity contribution in [1.29, 1.82) is 5.26 Å². The van der Waals surface area contributed by atoms with Gasteiger partial charge in [-0.3, -0.25) is 24.1 Å². The molecule has 0 bridgehead atoms. The van der Waals surface area contributed by atoms with E-state index >= 15 is 0 Å². The molecule has 0 radical (unpaired) electrons. The first-order valence-corrected chi connectivity index (χ1v) is 20.2. The molecule has 15 heteroatoms. The number of carbonyl (C=O) groups is 1. The van der Waals surface area contributed by atoms with Crippen LogP contribution in [0.5, 0.6) is 5.88 Å². The quantitative estimate of drug-likeness (QED) is 0.0913. The van der Waals surface area contributed by atoms with Gasteiger partial charge in [0.05, 0.1) is 36.6 Å². The van der Waals surface area contributed by atoms with Crippen LogP contribution in [0.25, 0.3) is 11.2 Å². The Balaban J connectivity index is 1.53. The number of nitrogens with one attached hydrogen (secondary N) is 1. The van der Waals surface area contributed by atoms with E-state index in [1.54, 1.807) is 45.8 Å². The minimum absolute atomic E-state index is 0.0244. The van der Waals surface area contributed by atoms with Crippen LogP contribution in [-0.2, 0) is 24.2 Å². The summed E-state index contributed by atoms with van der Waals surface area (Å²) in [5.41, 5.74) is 2.92. The van der Waals surface area contributed by atoms with Crippen molar-refractivity contribution in [2.75, 3.05) is 45.7 Å².